The number of para-hydroxylation sites is 1. The van der Waals surface area contributed by atoms with Gasteiger partial charge in [-0.2, -0.15) is 5.26 Å². The summed E-state index contributed by atoms with van der Waals surface area (Å²) in [6.07, 6.45) is 1.51. The van der Waals surface area contributed by atoms with Gasteiger partial charge >= 0.3 is 0 Å². The molecule has 7 nitrogen and oxygen atoms in total. The first-order valence-electron chi connectivity index (χ1n) is 11.3. The van der Waals surface area contributed by atoms with Crippen molar-refractivity contribution in [3.8, 4) is 11.8 Å². The van der Waals surface area contributed by atoms with Crippen LogP contribution in [0.1, 0.15) is 34.5 Å². The van der Waals surface area contributed by atoms with Crippen molar-refractivity contribution in [1.82, 2.24) is 5.32 Å². The van der Waals surface area contributed by atoms with Crippen LogP contribution in [0.3, 0.4) is 0 Å². The van der Waals surface area contributed by atoms with Gasteiger partial charge in [-0.15, -0.1) is 0 Å². The van der Waals surface area contributed by atoms with E-state index in [1.54, 1.807) is 50.4 Å². The summed E-state index contributed by atoms with van der Waals surface area (Å²) in [5.41, 5.74) is 3.45. The van der Waals surface area contributed by atoms with Gasteiger partial charge < -0.3 is 19.8 Å². The molecule has 36 heavy (non-hydrogen) atoms. The number of carbonyl (C=O) groups is 2. The van der Waals surface area contributed by atoms with Gasteiger partial charge in [0.05, 0.1) is 47.3 Å². The number of benzene rings is 2. The number of thioether (sulfide) groups is 1. The number of hydrogen-bond acceptors (Lipinski definition) is 7. The molecule has 0 saturated carbocycles. The smallest absolute Gasteiger partial charge is 0.254 e. The maximum Gasteiger partial charge on any atom is 0.254 e. The van der Waals surface area contributed by atoms with Gasteiger partial charge in [-0.05, 0) is 61.9 Å². The molecule has 1 aliphatic heterocycles. The van der Waals surface area contributed by atoms with Crippen molar-refractivity contribution in [2.75, 3.05) is 18.2 Å². The van der Waals surface area contributed by atoms with E-state index in [2.05, 4.69) is 16.7 Å². The van der Waals surface area contributed by atoms with Crippen LogP contribution < -0.4 is 15.4 Å². The Labute approximate surface area is 213 Å². The van der Waals surface area contributed by atoms with Crippen LogP contribution in [-0.2, 0) is 4.79 Å². The normalized spacial score (nSPS) is 15.2. The Bertz CT molecular complexity index is 1380. The number of aryl methyl sites for hydroxylation is 1. The predicted octanol–water partition coefficient (Wildman–Crippen LogP) is 5.55. The Hall–Kier alpha value is -4.22. The number of nitriles is 1. The molecule has 3 aromatic rings. The SMILES string of the molecule is COc1ccc(C(=O)CSC2=C(C#N)[C@H](c3ccco3)C(C(=O)Nc3ccccc3C)=C(C)N2)cc1. The summed E-state index contributed by atoms with van der Waals surface area (Å²) >= 11 is 1.23. The number of rotatable bonds is 8. The lowest BCUT2D eigenvalue weighted by atomic mass is 9.85. The number of nitrogens with zero attached hydrogens (tertiary/aromatic N) is 1. The molecule has 2 N–H and O–H groups in total. The average Bonchev–Trinajstić information content (AvgIpc) is 3.43. The lowest BCUT2D eigenvalue weighted by Gasteiger charge is -2.28. The second-order valence-corrected chi connectivity index (χ2v) is 9.16. The van der Waals surface area contributed by atoms with E-state index < -0.39 is 5.92 Å². The molecule has 4 rings (SSSR count). The second-order valence-electron chi connectivity index (χ2n) is 8.18. The highest BCUT2D eigenvalue weighted by Crippen LogP contribution is 2.41. The molecule has 8 heteroatoms. The summed E-state index contributed by atoms with van der Waals surface area (Å²) in [6.45, 7) is 3.69. The van der Waals surface area contributed by atoms with Crippen molar-refractivity contribution in [3.05, 3.63) is 106 Å². The molecule has 0 saturated heterocycles. The molecule has 0 bridgehead atoms. The Morgan fingerprint density at radius 3 is 2.50 bits per heavy atom. The van der Waals surface area contributed by atoms with E-state index >= 15 is 0 Å². The Morgan fingerprint density at radius 2 is 1.86 bits per heavy atom. The summed E-state index contributed by atoms with van der Waals surface area (Å²) in [7, 11) is 1.57. The van der Waals surface area contributed by atoms with Gasteiger partial charge in [-0.3, -0.25) is 9.59 Å². The molecule has 1 atom stereocenters. The number of dihydropyridines is 1. The third kappa shape index (κ3) is 5.21. The first kappa shape index (κ1) is 24.9. The van der Waals surface area contributed by atoms with E-state index in [1.165, 1.54) is 18.0 Å². The van der Waals surface area contributed by atoms with Crippen molar-refractivity contribution in [2.45, 2.75) is 19.8 Å². The van der Waals surface area contributed by atoms with Crippen LogP contribution in [0.2, 0.25) is 0 Å². The molecule has 0 spiro atoms. The number of amides is 1. The van der Waals surface area contributed by atoms with Crippen molar-refractivity contribution in [2.24, 2.45) is 0 Å². The standard InChI is InChI=1S/C28H25N3O4S/c1-17-7-4-5-8-22(17)31-27(33)25-18(2)30-28(21(15-29)26(25)24-9-6-14-35-24)36-16-23(32)19-10-12-20(34-3)13-11-19/h4-14,26,30H,16H2,1-3H3,(H,31,33)/t26-/m1/s1. The minimum absolute atomic E-state index is 0.0893. The fraction of sp³-hybridized carbons (Fsp3) is 0.179. The van der Waals surface area contributed by atoms with E-state index in [-0.39, 0.29) is 17.4 Å². The first-order chi connectivity index (χ1) is 17.4. The van der Waals surface area contributed by atoms with Gasteiger partial charge in [0.15, 0.2) is 5.78 Å². The third-order valence-electron chi connectivity index (χ3n) is 5.87. The maximum atomic E-state index is 13.5. The molecule has 0 aliphatic carbocycles. The van der Waals surface area contributed by atoms with Gasteiger partial charge in [-0.1, -0.05) is 30.0 Å². The lowest BCUT2D eigenvalue weighted by Crippen LogP contribution is -2.31. The van der Waals surface area contributed by atoms with E-state index in [0.29, 0.717) is 44.6 Å². The molecule has 0 radical (unpaired) electrons. The lowest BCUT2D eigenvalue weighted by molar-refractivity contribution is -0.113. The number of nitrogens with one attached hydrogen (secondary N) is 2. The Balaban J connectivity index is 1.62. The molecule has 2 aromatic carbocycles. The van der Waals surface area contributed by atoms with Crippen molar-refractivity contribution >= 4 is 29.1 Å². The number of ketones is 1. The number of anilines is 1. The molecular formula is C28H25N3O4S. The number of furan rings is 1. The molecule has 0 fully saturated rings. The van der Waals surface area contributed by atoms with E-state index in [1.807, 2.05) is 31.2 Å². The monoisotopic (exact) mass is 499 g/mol. The molecule has 1 aromatic heterocycles. The highest BCUT2D eigenvalue weighted by Gasteiger charge is 2.36. The van der Waals surface area contributed by atoms with Crippen LogP contribution in [0.25, 0.3) is 0 Å². The summed E-state index contributed by atoms with van der Waals surface area (Å²) in [5, 5.41) is 16.8. The van der Waals surface area contributed by atoms with Crippen LogP contribution in [0.4, 0.5) is 5.69 Å². The minimum Gasteiger partial charge on any atom is -0.497 e. The summed E-state index contributed by atoms with van der Waals surface area (Å²) in [6, 6.07) is 20.1. The number of carbonyl (C=O) groups excluding carboxylic acids is 2. The zero-order valence-electron chi connectivity index (χ0n) is 20.1. The summed E-state index contributed by atoms with van der Waals surface area (Å²) in [5.74, 6) is 0.121. The largest absolute Gasteiger partial charge is 0.497 e. The molecular weight excluding hydrogens is 474 g/mol. The van der Waals surface area contributed by atoms with E-state index in [0.717, 1.165) is 5.56 Å². The quantitative estimate of drug-likeness (QED) is 0.392. The minimum atomic E-state index is -0.714. The van der Waals surface area contributed by atoms with Crippen LogP contribution in [0.5, 0.6) is 5.75 Å². The maximum absolute atomic E-state index is 13.5. The van der Waals surface area contributed by atoms with Crippen molar-refractivity contribution in [1.29, 1.82) is 5.26 Å². The average molecular weight is 500 g/mol. The van der Waals surface area contributed by atoms with Gasteiger partial charge in [-0.25, -0.2) is 0 Å². The third-order valence-corrected chi connectivity index (χ3v) is 6.89. The number of Topliss-reactive ketones (excluding diaryl/α,β-unsaturated/α-hetero) is 1. The zero-order valence-corrected chi connectivity index (χ0v) is 20.9. The van der Waals surface area contributed by atoms with E-state index in [9.17, 15) is 14.9 Å². The molecule has 0 unspecified atom stereocenters. The Morgan fingerprint density at radius 1 is 1.11 bits per heavy atom. The van der Waals surface area contributed by atoms with Gasteiger partial charge in [0.1, 0.15) is 11.5 Å². The number of hydrogen-bond donors (Lipinski definition) is 2. The second kappa shape index (κ2) is 11.0. The molecule has 182 valence electrons. The van der Waals surface area contributed by atoms with Crippen molar-refractivity contribution < 1.29 is 18.7 Å². The number of ether oxygens (including phenoxy) is 1. The molecule has 2 heterocycles. The first-order valence-corrected chi connectivity index (χ1v) is 12.2. The van der Waals surface area contributed by atoms with Gasteiger partial charge in [0.2, 0.25) is 0 Å². The fourth-order valence-corrected chi connectivity index (χ4v) is 4.95. The number of methoxy groups -OCH3 is 1. The highest BCUT2D eigenvalue weighted by molar-refractivity contribution is 8.03. The van der Waals surface area contributed by atoms with Gasteiger partial charge in [0.25, 0.3) is 5.91 Å². The van der Waals surface area contributed by atoms with Gasteiger partial charge in [0, 0.05) is 16.9 Å². The van der Waals surface area contributed by atoms with E-state index in [4.69, 9.17) is 9.15 Å². The predicted molar refractivity (Wildman–Crippen MR) is 140 cm³/mol. The number of allylic oxidation sites excluding steroid dienone is 2. The zero-order chi connectivity index (χ0) is 25.7. The van der Waals surface area contributed by atoms with Crippen molar-refractivity contribution in [3.63, 3.8) is 0 Å². The molecule has 1 aliphatic rings. The van der Waals surface area contributed by atoms with Crippen LogP contribution in [-0.4, -0.2) is 24.6 Å². The Kier molecular flexibility index (Phi) is 7.62. The van der Waals surface area contributed by atoms with Crippen LogP contribution in [0.15, 0.2) is 93.2 Å². The van der Waals surface area contributed by atoms with Crippen LogP contribution >= 0.6 is 11.8 Å². The molecule has 1 amide bonds. The summed E-state index contributed by atoms with van der Waals surface area (Å²) in [4.78, 5) is 26.2. The summed E-state index contributed by atoms with van der Waals surface area (Å²) < 4.78 is 10.8. The van der Waals surface area contributed by atoms with Crippen LogP contribution in [0, 0.1) is 18.3 Å². The topological polar surface area (TPSA) is 104 Å². The fourth-order valence-electron chi connectivity index (χ4n) is 3.97. The highest BCUT2D eigenvalue weighted by atomic mass is 32.2.